The lowest BCUT2D eigenvalue weighted by Gasteiger charge is -2.27. The fourth-order valence-corrected chi connectivity index (χ4v) is 4.73. The SMILES string of the molecule is CC1=Cc2nc(-c3ccccc3)n(-c3c(CC(C)(C)C)cccc3CC(C)(C)C)c2C=CC1. The third kappa shape index (κ3) is 5.38. The fraction of sp³-hybridized carbons (Fsp3) is 0.387. The van der Waals surface area contributed by atoms with Gasteiger partial charge in [0.05, 0.1) is 17.1 Å². The van der Waals surface area contributed by atoms with E-state index in [0.717, 1.165) is 36.3 Å². The van der Waals surface area contributed by atoms with Crippen molar-refractivity contribution in [3.8, 4) is 17.1 Å². The summed E-state index contributed by atoms with van der Waals surface area (Å²) in [7, 11) is 0. The normalized spacial score (nSPS) is 14.1. The molecule has 0 unspecified atom stereocenters. The molecule has 2 aromatic carbocycles. The van der Waals surface area contributed by atoms with E-state index < -0.39 is 0 Å². The summed E-state index contributed by atoms with van der Waals surface area (Å²) in [5.74, 6) is 1.02. The van der Waals surface area contributed by atoms with Crippen molar-refractivity contribution in [3.05, 3.63) is 82.7 Å². The van der Waals surface area contributed by atoms with Crippen LogP contribution in [-0.4, -0.2) is 9.55 Å². The summed E-state index contributed by atoms with van der Waals surface area (Å²) in [6.07, 6.45) is 9.81. The summed E-state index contributed by atoms with van der Waals surface area (Å²) in [6, 6.07) is 17.5. The summed E-state index contributed by atoms with van der Waals surface area (Å²) in [6.45, 7) is 16.1. The summed E-state index contributed by atoms with van der Waals surface area (Å²) in [5, 5.41) is 0. The molecule has 0 fully saturated rings. The van der Waals surface area contributed by atoms with Crippen molar-refractivity contribution in [1.29, 1.82) is 0 Å². The number of aromatic nitrogens is 2. The second-order valence-electron chi connectivity index (χ2n) is 11.9. The molecule has 2 nitrogen and oxygen atoms in total. The van der Waals surface area contributed by atoms with E-state index in [9.17, 15) is 0 Å². The minimum absolute atomic E-state index is 0.186. The van der Waals surface area contributed by atoms with Crippen LogP contribution in [-0.2, 0) is 12.8 Å². The number of rotatable bonds is 4. The molecule has 3 aromatic rings. The molecule has 0 saturated heterocycles. The molecular weight excluding hydrogens is 400 g/mol. The van der Waals surface area contributed by atoms with Gasteiger partial charge in [-0.1, -0.05) is 102 Å². The maximum Gasteiger partial charge on any atom is 0.145 e. The van der Waals surface area contributed by atoms with Crippen LogP contribution < -0.4 is 0 Å². The van der Waals surface area contributed by atoms with Gasteiger partial charge in [-0.05, 0) is 60.3 Å². The topological polar surface area (TPSA) is 17.8 Å². The number of para-hydroxylation sites is 1. The Morgan fingerprint density at radius 2 is 1.42 bits per heavy atom. The predicted molar refractivity (Wildman–Crippen MR) is 143 cm³/mol. The molecule has 0 amide bonds. The van der Waals surface area contributed by atoms with Gasteiger partial charge in [-0.3, -0.25) is 4.57 Å². The summed E-state index contributed by atoms with van der Waals surface area (Å²) in [5.41, 5.74) is 9.20. The van der Waals surface area contributed by atoms with Crippen molar-refractivity contribution < 1.29 is 0 Å². The van der Waals surface area contributed by atoms with E-state index in [0.29, 0.717) is 0 Å². The van der Waals surface area contributed by atoms with Gasteiger partial charge in [-0.25, -0.2) is 4.98 Å². The van der Waals surface area contributed by atoms with Crippen molar-refractivity contribution in [3.63, 3.8) is 0 Å². The zero-order valence-corrected chi connectivity index (χ0v) is 21.4. The Labute approximate surface area is 200 Å². The van der Waals surface area contributed by atoms with Crippen molar-refractivity contribution in [2.45, 2.75) is 67.7 Å². The maximum absolute atomic E-state index is 5.22. The summed E-state index contributed by atoms with van der Waals surface area (Å²) >= 11 is 0. The minimum Gasteiger partial charge on any atom is -0.292 e. The highest BCUT2D eigenvalue weighted by molar-refractivity contribution is 5.74. The van der Waals surface area contributed by atoms with Gasteiger partial charge in [0.2, 0.25) is 0 Å². The van der Waals surface area contributed by atoms with Gasteiger partial charge in [-0.15, -0.1) is 0 Å². The Hall–Kier alpha value is -2.87. The number of hydrogen-bond donors (Lipinski definition) is 0. The van der Waals surface area contributed by atoms with Crippen LogP contribution in [0.2, 0.25) is 0 Å². The number of imidazole rings is 1. The second-order valence-corrected chi connectivity index (χ2v) is 11.9. The number of hydrogen-bond acceptors (Lipinski definition) is 1. The Kier molecular flexibility index (Phi) is 6.22. The number of benzene rings is 2. The van der Waals surface area contributed by atoms with Crippen molar-refractivity contribution in [2.24, 2.45) is 10.8 Å². The van der Waals surface area contributed by atoms with Crippen LogP contribution in [0.25, 0.3) is 29.2 Å². The molecule has 1 aliphatic carbocycles. The molecule has 0 radical (unpaired) electrons. The molecule has 0 saturated carbocycles. The first kappa shape index (κ1) is 23.3. The van der Waals surface area contributed by atoms with Gasteiger partial charge in [0.15, 0.2) is 0 Å². The number of allylic oxidation sites excluding steroid dienone is 2. The lowest BCUT2D eigenvalue weighted by Crippen LogP contribution is -2.17. The summed E-state index contributed by atoms with van der Waals surface area (Å²) in [4.78, 5) is 5.22. The highest BCUT2D eigenvalue weighted by atomic mass is 15.1. The van der Waals surface area contributed by atoms with Crippen molar-refractivity contribution in [1.82, 2.24) is 9.55 Å². The van der Waals surface area contributed by atoms with Gasteiger partial charge in [0, 0.05) is 5.56 Å². The monoisotopic (exact) mass is 438 g/mol. The molecule has 4 rings (SSSR count). The standard InChI is InChI=1S/C31H38N2/c1-22-13-11-18-27-26(19-22)32-29(23-14-9-8-10-15-23)33(27)28-24(20-30(2,3)4)16-12-17-25(28)21-31(5,6)7/h8-12,14-19H,13,20-21H2,1-7H3. The first-order valence-corrected chi connectivity index (χ1v) is 12.1. The van der Waals surface area contributed by atoms with Crippen LogP contribution in [0.15, 0.2) is 60.2 Å². The number of fused-ring (bicyclic) bond motifs is 1. The van der Waals surface area contributed by atoms with E-state index >= 15 is 0 Å². The van der Waals surface area contributed by atoms with Gasteiger partial charge in [0.25, 0.3) is 0 Å². The van der Waals surface area contributed by atoms with Crippen LogP contribution >= 0.6 is 0 Å². The molecule has 1 heterocycles. The van der Waals surface area contributed by atoms with Crippen LogP contribution in [0.5, 0.6) is 0 Å². The maximum atomic E-state index is 5.22. The second kappa shape index (κ2) is 8.82. The predicted octanol–water partition coefficient (Wildman–Crippen LogP) is 8.54. The Bertz CT molecular complexity index is 1160. The first-order chi connectivity index (χ1) is 15.5. The van der Waals surface area contributed by atoms with E-state index in [-0.39, 0.29) is 10.8 Å². The molecule has 0 spiro atoms. The molecule has 0 atom stereocenters. The molecule has 0 N–H and O–H groups in total. The average molecular weight is 439 g/mol. The zero-order valence-electron chi connectivity index (χ0n) is 21.4. The van der Waals surface area contributed by atoms with E-state index in [1.807, 2.05) is 0 Å². The zero-order chi connectivity index (χ0) is 23.8. The van der Waals surface area contributed by atoms with Crippen LogP contribution in [0.1, 0.15) is 77.4 Å². The number of nitrogens with zero attached hydrogens (tertiary/aromatic N) is 2. The van der Waals surface area contributed by atoms with Crippen LogP contribution in [0.3, 0.4) is 0 Å². The lowest BCUT2D eigenvalue weighted by atomic mass is 9.83. The third-order valence-electron chi connectivity index (χ3n) is 5.94. The molecule has 2 heteroatoms. The van der Waals surface area contributed by atoms with E-state index in [1.165, 1.54) is 28.1 Å². The molecule has 1 aliphatic rings. The average Bonchev–Trinajstić information content (AvgIpc) is 2.93. The molecule has 0 bridgehead atoms. The smallest absolute Gasteiger partial charge is 0.145 e. The van der Waals surface area contributed by atoms with Crippen LogP contribution in [0, 0.1) is 10.8 Å². The molecule has 33 heavy (non-hydrogen) atoms. The Morgan fingerprint density at radius 3 is 2.00 bits per heavy atom. The quantitative estimate of drug-likeness (QED) is 0.399. The Balaban J connectivity index is 2.08. The third-order valence-corrected chi connectivity index (χ3v) is 5.94. The van der Waals surface area contributed by atoms with Gasteiger partial charge in [0.1, 0.15) is 5.82 Å². The van der Waals surface area contributed by atoms with E-state index in [4.69, 9.17) is 4.98 Å². The van der Waals surface area contributed by atoms with Gasteiger partial charge in [-0.2, -0.15) is 0 Å². The minimum atomic E-state index is 0.186. The van der Waals surface area contributed by atoms with Crippen molar-refractivity contribution >= 4 is 12.2 Å². The molecular formula is C31H38N2. The molecule has 172 valence electrons. The van der Waals surface area contributed by atoms with Crippen molar-refractivity contribution in [2.75, 3.05) is 0 Å². The molecule has 0 aliphatic heterocycles. The first-order valence-electron chi connectivity index (χ1n) is 12.1. The largest absolute Gasteiger partial charge is 0.292 e. The highest BCUT2D eigenvalue weighted by Crippen LogP contribution is 2.37. The Morgan fingerprint density at radius 1 is 0.818 bits per heavy atom. The van der Waals surface area contributed by atoms with Gasteiger partial charge < -0.3 is 0 Å². The lowest BCUT2D eigenvalue weighted by molar-refractivity contribution is 0.404. The molecule has 1 aromatic heterocycles. The summed E-state index contributed by atoms with van der Waals surface area (Å²) < 4.78 is 2.44. The fourth-order valence-electron chi connectivity index (χ4n) is 4.73. The van der Waals surface area contributed by atoms with Crippen LogP contribution in [0.4, 0.5) is 0 Å². The highest BCUT2D eigenvalue weighted by Gasteiger charge is 2.25. The van der Waals surface area contributed by atoms with Gasteiger partial charge >= 0.3 is 0 Å². The van der Waals surface area contributed by atoms with E-state index in [2.05, 4.69) is 120 Å². The van der Waals surface area contributed by atoms with E-state index in [1.54, 1.807) is 0 Å².